The average molecular weight is 526 g/mol. The highest BCUT2D eigenvalue weighted by Crippen LogP contribution is 2.40. The van der Waals surface area contributed by atoms with Crippen molar-refractivity contribution in [1.29, 1.82) is 0 Å². The van der Waals surface area contributed by atoms with Gasteiger partial charge in [-0.1, -0.05) is 70.1 Å². The number of hydrogen-bond donors (Lipinski definition) is 0. The minimum Gasteiger partial charge on any atom is -0.236 e. The van der Waals surface area contributed by atoms with E-state index in [1.807, 2.05) is 0 Å². The van der Waals surface area contributed by atoms with Crippen LogP contribution < -0.4 is 0 Å². The molecule has 4 nitrogen and oxygen atoms in total. The number of benzene rings is 2. The van der Waals surface area contributed by atoms with Gasteiger partial charge in [-0.05, 0) is 23.8 Å². The molecule has 0 saturated carbocycles. The van der Waals surface area contributed by atoms with Crippen LogP contribution >= 0.6 is 58.0 Å². The molecule has 2 heterocycles. The Bertz CT molecular complexity index is 1260. The third-order valence-electron chi connectivity index (χ3n) is 4.20. The number of rotatable bonds is 3. The summed E-state index contributed by atoms with van der Waals surface area (Å²) in [6.45, 7) is 0. The van der Waals surface area contributed by atoms with Gasteiger partial charge < -0.3 is 0 Å². The molecule has 0 aliphatic carbocycles. The highest BCUT2D eigenvalue weighted by Gasteiger charge is 2.35. The second-order valence-electron chi connectivity index (χ2n) is 6.19. The summed E-state index contributed by atoms with van der Waals surface area (Å²) in [6, 6.07) is 11.5. The molecule has 2 aromatic heterocycles. The third-order valence-corrected chi connectivity index (χ3v) is 5.76. The van der Waals surface area contributed by atoms with Crippen molar-refractivity contribution in [2.24, 2.45) is 0 Å². The van der Waals surface area contributed by atoms with Gasteiger partial charge in [0, 0.05) is 22.7 Å². The first kappa shape index (κ1) is 22.3. The topological polar surface area (TPSA) is 35.6 Å². The summed E-state index contributed by atoms with van der Waals surface area (Å²) in [7, 11) is 0. The van der Waals surface area contributed by atoms with E-state index in [-0.39, 0.29) is 26.0 Å². The van der Waals surface area contributed by atoms with Gasteiger partial charge in [0.1, 0.15) is 5.15 Å². The van der Waals surface area contributed by atoms with Crippen molar-refractivity contribution in [2.45, 2.75) is 6.18 Å². The first-order chi connectivity index (χ1) is 14.6. The Morgan fingerprint density at radius 1 is 0.935 bits per heavy atom. The van der Waals surface area contributed by atoms with Gasteiger partial charge in [0.05, 0.1) is 27.6 Å². The lowest BCUT2D eigenvalue weighted by Gasteiger charge is -2.16. The first-order valence-electron chi connectivity index (χ1n) is 8.30. The number of hydrogen-bond acceptors (Lipinski definition) is 2. The standard InChI is InChI=1S/C19H7Cl5F3N4/c20-10-3-1-9(2-4-10)16-12(31-15(22)7-14(28-31)19(25,26)27)5-6-13(17(16)23)30-8-11(21)18(24)29-30/h1-4,6-8H. The lowest BCUT2D eigenvalue weighted by molar-refractivity contribution is -0.141. The number of alkyl halides is 3. The lowest BCUT2D eigenvalue weighted by Crippen LogP contribution is -2.08. The van der Waals surface area contributed by atoms with Crippen LogP contribution in [0.5, 0.6) is 0 Å². The molecule has 31 heavy (non-hydrogen) atoms. The summed E-state index contributed by atoms with van der Waals surface area (Å²) in [5.74, 6) is 0. The Kier molecular flexibility index (Phi) is 5.91. The summed E-state index contributed by atoms with van der Waals surface area (Å²) in [4.78, 5) is 0. The highest BCUT2D eigenvalue weighted by molar-refractivity contribution is 6.41. The predicted octanol–water partition coefficient (Wildman–Crippen LogP) is 7.81. The van der Waals surface area contributed by atoms with Crippen molar-refractivity contribution in [1.82, 2.24) is 19.6 Å². The van der Waals surface area contributed by atoms with E-state index in [0.29, 0.717) is 21.8 Å². The Morgan fingerprint density at radius 3 is 2.16 bits per heavy atom. The molecule has 0 bridgehead atoms. The summed E-state index contributed by atoms with van der Waals surface area (Å²) in [5.41, 5.74) is 0.118. The molecule has 4 rings (SSSR count). The van der Waals surface area contributed by atoms with E-state index in [0.717, 1.165) is 10.7 Å². The van der Waals surface area contributed by atoms with Gasteiger partial charge in [0.25, 0.3) is 0 Å². The molecule has 0 unspecified atom stereocenters. The second kappa shape index (κ2) is 8.22. The van der Waals surface area contributed by atoms with E-state index < -0.39 is 11.9 Å². The zero-order valence-corrected chi connectivity index (χ0v) is 18.6. The Labute approximate surface area is 198 Å². The van der Waals surface area contributed by atoms with Crippen LogP contribution in [-0.4, -0.2) is 19.6 Å². The zero-order chi connectivity index (χ0) is 22.5. The van der Waals surface area contributed by atoms with Gasteiger partial charge >= 0.3 is 6.18 Å². The predicted molar refractivity (Wildman–Crippen MR) is 115 cm³/mol. The minimum absolute atomic E-state index is 0.0554. The van der Waals surface area contributed by atoms with Gasteiger partial charge in [-0.15, -0.1) is 0 Å². The fourth-order valence-electron chi connectivity index (χ4n) is 2.83. The summed E-state index contributed by atoms with van der Waals surface area (Å²) in [6.07, 6.45) is -3.24. The van der Waals surface area contributed by atoms with Crippen molar-refractivity contribution < 1.29 is 13.2 Å². The van der Waals surface area contributed by atoms with Crippen molar-refractivity contribution in [3.63, 3.8) is 0 Å². The van der Waals surface area contributed by atoms with Crippen LogP contribution in [0, 0.1) is 6.07 Å². The third kappa shape index (κ3) is 4.25. The monoisotopic (exact) mass is 523 g/mol. The van der Waals surface area contributed by atoms with Gasteiger partial charge in [-0.3, -0.25) is 0 Å². The lowest BCUT2D eigenvalue weighted by atomic mass is 10.0. The summed E-state index contributed by atoms with van der Waals surface area (Å²) < 4.78 is 41.7. The molecule has 0 amide bonds. The van der Waals surface area contributed by atoms with E-state index >= 15 is 0 Å². The molecule has 0 aliphatic rings. The molecule has 0 saturated heterocycles. The molecule has 0 atom stereocenters. The molecule has 1 radical (unpaired) electrons. The van der Waals surface area contributed by atoms with Gasteiger partial charge in [-0.2, -0.15) is 23.4 Å². The number of nitrogens with zero attached hydrogens (tertiary/aromatic N) is 4. The van der Waals surface area contributed by atoms with Crippen LogP contribution in [0.25, 0.3) is 22.5 Å². The van der Waals surface area contributed by atoms with Crippen molar-refractivity contribution in [3.8, 4) is 22.5 Å². The van der Waals surface area contributed by atoms with E-state index in [1.165, 1.54) is 16.9 Å². The van der Waals surface area contributed by atoms with Crippen LogP contribution in [0.2, 0.25) is 25.4 Å². The molecule has 159 valence electrons. The molecule has 12 heteroatoms. The molecular formula is C19H7Cl5F3N4. The number of aromatic nitrogens is 4. The maximum atomic E-state index is 13.1. The summed E-state index contributed by atoms with van der Waals surface area (Å²) in [5, 5.41) is 8.24. The van der Waals surface area contributed by atoms with Gasteiger partial charge in [0.15, 0.2) is 10.8 Å². The largest absolute Gasteiger partial charge is 0.435 e. The second-order valence-corrected chi connectivity index (χ2v) is 8.16. The average Bonchev–Trinajstić information content (AvgIpc) is 3.24. The molecule has 0 aliphatic heterocycles. The van der Waals surface area contributed by atoms with Crippen LogP contribution in [0.4, 0.5) is 13.2 Å². The molecule has 2 aromatic carbocycles. The Morgan fingerprint density at radius 2 is 1.61 bits per heavy atom. The minimum atomic E-state index is -4.68. The maximum absolute atomic E-state index is 13.1. The fraction of sp³-hybridized carbons (Fsp3) is 0.0526. The van der Waals surface area contributed by atoms with Crippen molar-refractivity contribution >= 4 is 58.0 Å². The maximum Gasteiger partial charge on any atom is 0.435 e. The highest BCUT2D eigenvalue weighted by atomic mass is 35.5. The Hall–Kier alpha value is -1.90. The van der Waals surface area contributed by atoms with E-state index in [2.05, 4.69) is 16.3 Å². The quantitative estimate of drug-likeness (QED) is 0.274. The molecule has 4 aromatic rings. The first-order valence-corrected chi connectivity index (χ1v) is 10.2. The van der Waals surface area contributed by atoms with E-state index in [1.54, 1.807) is 24.3 Å². The van der Waals surface area contributed by atoms with Gasteiger partial charge in [0.2, 0.25) is 0 Å². The molecule has 0 fully saturated rings. The van der Waals surface area contributed by atoms with E-state index in [9.17, 15) is 13.2 Å². The molecule has 0 N–H and O–H groups in total. The van der Waals surface area contributed by atoms with Gasteiger partial charge in [-0.25, -0.2) is 9.36 Å². The van der Waals surface area contributed by atoms with Crippen molar-refractivity contribution in [3.05, 3.63) is 79.7 Å². The SMILES string of the molecule is FC(F)(F)c1cc(Cl)n(-c2[c]cc(-n3cc(Cl)c(Cl)n3)c(Cl)c2-c2ccc(Cl)cc2)n1. The number of halogens is 8. The van der Waals surface area contributed by atoms with Crippen LogP contribution in [0.1, 0.15) is 5.69 Å². The Balaban J connectivity index is 1.99. The van der Waals surface area contributed by atoms with Crippen LogP contribution in [0.15, 0.2) is 42.6 Å². The fourth-order valence-corrected chi connectivity index (χ4v) is 3.78. The van der Waals surface area contributed by atoms with Crippen molar-refractivity contribution in [2.75, 3.05) is 0 Å². The van der Waals surface area contributed by atoms with E-state index in [4.69, 9.17) is 58.0 Å². The smallest absolute Gasteiger partial charge is 0.236 e. The molecular weight excluding hydrogens is 518 g/mol. The molecule has 0 spiro atoms. The normalized spacial score (nSPS) is 11.9. The van der Waals surface area contributed by atoms with Crippen LogP contribution in [0.3, 0.4) is 0 Å². The zero-order valence-electron chi connectivity index (χ0n) is 14.9. The summed E-state index contributed by atoms with van der Waals surface area (Å²) >= 11 is 30.6. The van der Waals surface area contributed by atoms with Crippen LogP contribution in [-0.2, 0) is 6.18 Å².